The van der Waals surface area contributed by atoms with Gasteiger partial charge in [0.1, 0.15) is 5.56 Å². The molecule has 0 saturated heterocycles. The maximum Gasteiger partial charge on any atom is 0.258 e. The van der Waals surface area contributed by atoms with Crippen molar-refractivity contribution in [1.29, 1.82) is 0 Å². The second-order valence-corrected chi connectivity index (χ2v) is 7.72. The number of carbonyl (C=O) groups excluding carboxylic acids is 1. The minimum atomic E-state index is -0.619. The summed E-state index contributed by atoms with van der Waals surface area (Å²) in [6, 6.07) is 13.4. The lowest BCUT2D eigenvalue weighted by Crippen LogP contribution is -2.20. The lowest BCUT2D eigenvalue weighted by Gasteiger charge is -2.12. The third-order valence-electron chi connectivity index (χ3n) is 5.65. The maximum absolute atomic E-state index is 12.8. The van der Waals surface area contributed by atoms with E-state index in [1.165, 1.54) is 4.52 Å². The van der Waals surface area contributed by atoms with Gasteiger partial charge in [-0.2, -0.15) is 0 Å². The van der Waals surface area contributed by atoms with E-state index in [1.807, 2.05) is 37.4 Å². The van der Waals surface area contributed by atoms with Crippen LogP contribution >= 0.6 is 0 Å². The summed E-state index contributed by atoms with van der Waals surface area (Å²) in [6.07, 6.45) is 5.71. The minimum absolute atomic E-state index is 0.0285. The van der Waals surface area contributed by atoms with Gasteiger partial charge in [0, 0.05) is 37.4 Å². The van der Waals surface area contributed by atoms with Crippen molar-refractivity contribution in [2.45, 2.75) is 13.3 Å². The zero-order chi connectivity index (χ0) is 25.1. The van der Waals surface area contributed by atoms with Gasteiger partial charge >= 0.3 is 0 Å². The summed E-state index contributed by atoms with van der Waals surface area (Å²) in [5, 5.41) is 5.56. The Morgan fingerprint density at radius 2 is 1.91 bits per heavy atom. The Balaban J connectivity index is 0.000000189. The number of anilines is 1. The Bertz CT molecular complexity index is 1600. The second kappa shape index (κ2) is 9.64. The number of pyridine rings is 2. The number of methoxy groups -OCH3 is 1. The van der Waals surface area contributed by atoms with E-state index in [-0.39, 0.29) is 16.9 Å². The van der Waals surface area contributed by atoms with E-state index in [4.69, 9.17) is 16.2 Å². The number of carbonyl (C=O) groups is 1. The minimum Gasteiger partial charge on any atom is -0.481 e. The molecule has 4 N–H and O–H groups in total. The van der Waals surface area contributed by atoms with Gasteiger partial charge in [-0.3, -0.25) is 9.59 Å². The van der Waals surface area contributed by atoms with Gasteiger partial charge in [-0.05, 0) is 41.1 Å². The highest BCUT2D eigenvalue weighted by atomic mass is 16.5. The predicted octanol–water partition coefficient (Wildman–Crippen LogP) is 2.58. The first kappa shape index (κ1) is 23.4. The molecule has 0 aliphatic heterocycles. The Labute approximate surface area is 200 Å². The maximum atomic E-state index is 12.8. The highest BCUT2D eigenvalue weighted by molar-refractivity contribution is 6.03. The summed E-state index contributed by atoms with van der Waals surface area (Å²) in [5.41, 5.74) is 14.0. The molecular weight excluding hydrogens is 446 g/mol. The van der Waals surface area contributed by atoms with Crippen LogP contribution in [0.1, 0.15) is 23.0 Å². The van der Waals surface area contributed by atoms with Crippen LogP contribution in [0.15, 0.2) is 65.8 Å². The Morgan fingerprint density at radius 3 is 2.63 bits per heavy atom. The average Bonchev–Trinajstić information content (AvgIpc) is 3.22. The first-order valence-electron chi connectivity index (χ1n) is 10.9. The first-order valence-corrected chi connectivity index (χ1v) is 10.9. The molecule has 1 aromatic carbocycles. The van der Waals surface area contributed by atoms with E-state index >= 15 is 0 Å². The molecule has 178 valence electrons. The molecule has 0 bridgehead atoms. The number of hydrogen-bond donors (Lipinski definition) is 2. The van der Waals surface area contributed by atoms with Crippen LogP contribution in [0.5, 0.6) is 5.88 Å². The van der Waals surface area contributed by atoms with Crippen molar-refractivity contribution in [3.05, 3.63) is 82.7 Å². The summed E-state index contributed by atoms with van der Waals surface area (Å²) in [5.74, 6) is 0.0221. The Kier molecular flexibility index (Phi) is 6.45. The van der Waals surface area contributed by atoms with Crippen molar-refractivity contribution >= 4 is 28.1 Å². The number of nitrogens with two attached hydrogens (primary N) is 2. The topological polar surface area (TPSA) is 143 Å². The van der Waals surface area contributed by atoms with Crippen LogP contribution in [-0.4, -0.2) is 37.2 Å². The number of aryl methyl sites for hydroxylation is 1. The van der Waals surface area contributed by atoms with Crippen LogP contribution in [0.25, 0.3) is 27.5 Å². The molecule has 4 heterocycles. The van der Waals surface area contributed by atoms with Crippen LogP contribution in [0, 0.1) is 0 Å². The fourth-order valence-electron chi connectivity index (χ4n) is 3.91. The van der Waals surface area contributed by atoms with Gasteiger partial charge in [-0.15, -0.1) is 5.10 Å². The quantitative estimate of drug-likeness (QED) is 0.410. The number of amides is 1. The highest BCUT2D eigenvalue weighted by Gasteiger charge is 2.15. The van der Waals surface area contributed by atoms with Crippen LogP contribution < -0.4 is 21.8 Å². The largest absolute Gasteiger partial charge is 0.481 e. The zero-order valence-corrected chi connectivity index (χ0v) is 19.6. The van der Waals surface area contributed by atoms with E-state index in [2.05, 4.69) is 28.1 Å². The lowest BCUT2D eigenvalue weighted by atomic mass is 9.99. The van der Waals surface area contributed by atoms with Gasteiger partial charge in [-0.25, -0.2) is 14.5 Å². The molecule has 0 aliphatic rings. The average molecular weight is 472 g/mol. The van der Waals surface area contributed by atoms with Gasteiger partial charge in [0.2, 0.25) is 5.88 Å². The van der Waals surface area contributed by atoms with Gasteiger partial charge in [0.15, 0.2) is 11.5 Å². The first-order chi connectivity index (χ1) is 16.8. The van der Waals surface area contributed by atoms with Crippen LogP contribution in [-0.2, 0) is 13.5 Å². The number of aromatic nitrogens is 5. The molecule has 0 fully saturated rings. The summed E-state index contributed by atoms with van der Waals surface area (Å²) >= 11 is 0. The SMILES string of the molecule is CCc1cc2cccc(-c3ccnc(OC)c3)c2c(=O)n1C.NC(=O)c1c(N)nn2cccnc12. The number of primary amides is 1. The van der Waals surface area contributed by atoms with Crippen LogP contribution in [0.3, 0.4) is 0 Å². The molecule has 5 aromatic rings. The fourth-order valence-corrected chi connectivity index (χ4v) is 3.91. The van der Waals surface area contributed by atoms with Crippen molar-refractivity contribution in [3.8, 4) is 17.0 Å². The Hall–Kier alpha value is -4.73. The van der Waals surface area contributed by atoms with Gasteiger partial charge < -0.3 is 20.8 Å². The van der Waals surface area contributed by atoms with Crippen molar-refractivity contribution in [2.75, 3.05) is 12.8 Å². The molecular formula is C25H25N7O3. The van der Waals surface area contributed by atoms with Crippen molar-refractivity contribution in [3.63, 3.8) is 0 Å². The summed E-state index contributed by atoms with van der Waals surface area (Å²) in [4.78, 5) is 31.8. The summed E-state index contributed by atoms with van der Waals surface area (Å²) in [7, 11) is 3.41. The molecule has 4 aromatic heterocycles. The second-order valence-electron chi connectivity index (χ2n) is 7.72. The van der Waals surface area contributed by atoms with Crippen molar-refractivity contribution < 1.29 is 9.53 Å². The van der Waals surface area contributed by atoms with Crippen molar-refractivity contribution in [1.82, 2.24) is 24.1 Å². The summed E-state index contributed by atoms with van der Waals surface area (Å²) in [6.45, 7) is 2.05. The molecule has 0 spiro atoms. The fraction of sp³-hybridized carbons (Fsp3) is 0.160. The van der Waals surface area contributed by atoms with E-state index in [1.54, 1.807) is 36.3 Å². The van der Waals surface area contributed by atoms with E-state index in [0.717, 1.165) is 34.0 Å². The Morgan fingerprint density at radius 1 is 1.11 bits per heavy atom. The van der Waals surface area contributed by atoms with Crippen LogP contribution in [0.2, 0.25) is 0 Å². The molecule has 0 unspecified atom stereocenters. The normalized spacial score (nSPS) is 10.7. The smallest absolute Gasteiger partial charge is 0.258 e. The predicted molar refractivity (Wildman–Crippen MR) is 134 cm³/mol. The standard InChI is InChI=1S/C18H18N2O2.C7H7N5O/c1-4-14-10-13-6-5-7-15(17(13)18(21)20(14)2)12-8-9-19-16(11-12)22-3;8-5-4(6(9)13)7-10-2-1-3-12(7)11-5/h5-11H,4H2,1-3H3;1-3H,(H2,8,11)(H2,9,13). The van der Waals surface area contributed by atoms with Crippen molar-refractivity contribution in [2.24, 2.45) is 12.8 Å². The lowest BCUT2D eigenvalue weighted by molar-refractivity contribution is 0.100. The number of nitrogen functional groups attached to an aromatic ring is 1. The number of hydrogen-bond acceptors (Lipinski definition) is 7. The third-order valence-corrected chi connectivity index (χ3v) is 5.65. The molecule has 10 nitrogen and oxygen atoms in total. The zero-order valence-electron chi connectivity index (χ0n) is 19.6. The number of ether oxygens (including phenoxy) is 1. The van der Waals surface area contributed by atoms with E-state index in [9.17, 15) is 9.59 Å². The molecule has 0 aliphatic carbocycles. The third kappa shape index (κ3) is 4.41. The summed E-state index contributed by atoms with van der Waals surface area (Å²) < 4.78 is 8.32. The van der Waals surface area contributed by atoms with E-state index in [0.29, 0.717) is 11.5 Å². The number of nitrogens with zero attached hydrogens (tertiary/aromatic N) is 5. The molecule has 0 radical (unpaired) electrons. The molecule has 0 atom stereocenters. The monoisotopic (exact) mass is 471 g/mol. The molecule has 10 heteroatoms. The number of benzene rings is 1. The molecule has 1 amide bonds. The molecule has 35 heavy (non-hydrogen) atoms. The van der Waals surface area contributed by atoms with Gasteiger partial charge in [0.25, 0.3) is 11.5 Å². The van der Waals surface area contributed by atoms with Crippen LogP contribution in [0.4, 0.5) is 5.82 Å². The molecule has 5 rings (SSSR count). The van der Waals surface area contributed by atoms with E-state index < -0.39 is 5.91 Å². The highest BCUT2D eigenvalue weighted by Crippen LogP contribution is 2.28. The van der Waals surface area contributed by atoms with Gasteiger partial charge in [0.05, 0.1) is 12.5 Å². The number of fused-ring (bicyclic) bond motifs is 2. The molecule has 0 saturated carbocycles. The van der Waals surface area contributed by atoms with Gasteiger partial charge in [-0.1, -0.05) is 25.1 Å². The number of rotatable bonds is 4.